The van der Waals surface area contributed by atoms with Gasteiger partial charge in [-0.05, 0) is 17.7 Å². The monoisotopic (exact) mass is 314 g/mol. The first-order valence-electron chi connectivity index (χ1n) is 5.13. The van der Waals surface area contributed by atoms with Gasteiger partial charge in [-0.15, -0.1) is 0 Å². The number of hydrogen-bond acceptors (Lipinski definition) is 3. The Morgan fingerprint density at radius 2 is 1.67 bits per heavy atom. The fourth-order valence-corrected chi connectivity index (χ4v) is 1.12. The van der Waals surface area contributed by atoms with Crippen molar-refractivity contribution >= 4 is 22.0 Å². The van der Waals surface area contributed by atoms with E-state index in [4.69, 9.17) is 10.2 Å². The highest BCUT2D eigenvalue weighted by Gasteiger charge is 1.84. The molecule has 0 fully saturated rings. The molecule has 0 spiro atoms. The molecule has 3 nitrogen and oxygen atoms in total. The number of aliphatic hydroxyl groups is 2. The second-order valence-electron chi connectivity index (χ2n) is 2.68. The molecule has 0 bridgehead atoms. The van der Waals surface area contributed by atoms with E-state index < -0.39 is 0 Å². The summed E-state index contributed by atoms with van der Waals surface area (Å²) >= 11 is 3.36. The molecule has 1 rings (SSSR count). The van der Waals surface area contributed by atoms with Gasteiger partial charge in [-0.3, -0.25) is 0 Å². The standard InChI is InChI=1S/C8H7Br.C4H6O.C2H6O2/c1-2-7-4-3-5-8(9)6-7;1-3-5-4-2;3-1-2-4/h2-6H,1H2;3-4H,1-2H2;3-4H,1-2H2. The number of hydrogen-bond donors (Lipinski definition) is 2. The van der Waals surface area contributed by atoms with Crippen molar-refractivity contribution in [2.45, 2.75) is 0 Å². The van der Waals surface area contributed by atoms with Gasteiger partial charge in [-0.2, -0.15) is 0 Å². The Labute approximate surface area is 117 Å². The summed E-state index contributed by atoms with van der Waals surface area (Å²) in [5.74, 6) is 0. The van der Waals surface area contributed by atoms with Crippen LogP contribution in [0.1, 0.15) is 5.56 Å². The Morgan fingerprint density at radius 3 is 1.89 bits per heavy atom. The van der Waals surface area contributed by atoms with E-state index in [1.54, 1.807) is 0 Å². The van der Waals surface area contributed by atoms with E-state index in [0.717, 1.165) is 10.0 Å². The Morgan fingerprint density at radius 1 is 1.11 bits per heavy atom. The number of benzene rings is 1. The lowest BCUT2D eigenvalue weighted by Gasteiger charge is -1.90. The van der Waals surface area contributed by atoms with Gasteiger partial charge in [-0.1, -0.05) is 53.9 Å². The van der Waals surface area contributed by atoms with Crippen molar-refractivity contribution in [3.63, 3.8) is 0 Å². The quantitative estimate of drug-likeness (QED) is 0.838. The van der Waals surface area contributed by atoms with Crippen LogP contribution in [0.2, 0.25) is 0 Å². The van der Waals surface area contributed by atoms with E-state index in [2.05, 4.69) is 40.4 Å². The van der Waals surface area contributed by atoms with Gasteiger partial charge in [0.15, 0.2) is 0 Å². The van der Waals surface area contributed by atoms with Crippen LogP contribution >= 0.6 is 15.9 Å². The van der Waals surface area contributed by atoms with Gasteiger partial charge < -0.3 is 14.9 Å². The molecule has 0 saturated carbocycles. The van der Waals surface area contributed by atoms with Crippen molar-refractivity contribution < 1.29 is 14.9 Å². The first kappa shape index (κ1) is 19.0. The molecule has 1 aromatic carbocycles. The van der Waals surface area contributed by atoms with Crippen molar-refractivity contribution in [3.8, 4) is 0 Å². The maximum Gasteiger partial charge on any atom is 0.0829 e. The first-order valence-corrected chi connectivity index (χ1v) is 5.92. The van der Waals surface area contributed by atoms with Gasteiger partial charge in [0.2, 0.25) is 0 Å². The zero-order chi connectivity index (χ0) is 14.2. The Kier molecular flexibility index (Phi) is 16.5. The second kappa shape index (κ2) is 15.6. The average Bonchev–Trinajstić information content (AvgIpc) is 2.40. The molecule has 0 amide bonds. The highest BCUT2D eigenvalue weighted by Crippen LogP contribution is 2.11. The van der Waals surface area contributed by atoms with Crippen LogP contribution in [0.15, 0.2) is 61.0 Å². The topological polar surface area (TPSA) is 49.7 Å². The minimum Gasteiger partial charge on any atom is -0.474 e. The van der Waals surface area contributed by atoms with Crippen molar-refractivity contribution in [1.82, 2.24) is 0 Å². The van der Waals surface area contributed by atoms with Crippen LogP contribution in [0, 0.1) is 0 Å². The largest absolute Gasteiger partial charge is 0.474 e. The maximum absolute atomic E-state index is 7.62. The molecule has 0 unspecified atom stereocenters. The fraction of sp³-hybridized carbons (Fsp3) is 0.143. The molecule has 0 saturated heterocycles. The van der Waals surface area contributed by atoms with Gasteiger partial charge in [-0.25, -0.2) is 0 Å². The molecule has 0 aliphatic heterocycles. The molecule has 2 N–H and O–H groups in total. The lowest BCUT2D eigenvalue weighted by atomic mass is 10.2. The number of ether oxygens (including phenoxy) is 1. The molecule has 0 aromatic heterocycles. The summed E-state index contributed by atoms with van der Waals surface area (Å²) in [6.07, 6.45) is 4.45. The summed E-state index contributed by atoms with van der Waals surface area (Å²) in [5, 5.41) is 15.2. The summed E-state index contributed by atoms with van der Waals surface area (Å²) in [4.78, 5) is 0. The lowest BCUT2D eigenvalue weighted by Crippen LogP contribution is -1.85. The van der Waals surface area contributed by atoms with Crippen LogP contribution < -0.4 is 0 Å². The first-order chi connectivity index (χ1) is 8.65. The van der Waals surface area contributed by atoms with E-state index in [-0.39, 0.29) is 13.2 Å². The molecule has 18 heavy (non-hydrogen) atoms. The molecule has 1 aromatic rings. The Bertz CT molecular complexity index is 330. The molecule has 100 valence electrons. The van der Waals surface area contributed by atoms with Gasteiger partial charge in [0.05, 0.1) is 25.7 Å². The van der Waals surface area contributed by atoms with Gasteiger partial charge in [0.25, 0.3) is 0 Å². The summed E-state index contributed by atoms with van der Waals surface area (Å²) in [7, 11) is 0. The van der Waals surface area contributed by atoms with Crippen LogP contribution in [0.5, 0.6) is 0 Å². The normalized spacial score (nSPS) is 7.72. The van der Waals surface area contributed by atoms with Gasteiger partial charge in [0, 0.05) is 4.47 Å². The summed E-state index contributed by atoms with van der Waals surface area (Å²) in [6.45, 7) is 9.92. The highest BCUT2D eigenvalue weighted by molar-refractivity contribution is 9.10. The molecular formula is C14H19BrO3. The fourth-order valence-electron chi connectivity index (χ4n) is 0.702. The van der Waals surface area contributed by atoms with E-state index in [0.29, 0.717) is 0 Å². The Hall–Kier alpha value is -1.36. The minimum atomic E-state index is -0.125. The Balaban J connectivity index is 0. The van der Waals surface area contributed by atoms with E-state index in [1.165, 1.54) is 12.5 Å². The molecular weight excluding hydrogens is 296 g/mol. The SMILES string of the molecule is C=COC=C.C=Cc1cccc(Br)c1.OCCO. The van der Waals surface area contributed by atoms with Crippen molar-refractivity contribution in [3.05, 3.63) is 66.6 Å². The number of aliphatic hydroxyl groups excluding tert-OH is 2. The molecule has 0 heterocycles. The predicted octanol–water partition coefficient (Wildman–Crippen LogP) is 3.35. The average molecular weight is 315 g/mol. The van der Waals surface area contributed by atoms with Crippen LogP contribution in [0.25, 0.3) is 6.08 Å². The summed E-state index contributed by atoms with van der Waals surface area (Å²) < 4.78 is 5.46. The van der Waals surface area contributed by atoms with Crippen molar-refractivity contribution in [2.24, 2.45) is 0 Å². The van der Waals surface area contributed by atoms with Crippen LogP contribution in [-0.2, 0) is 4.74 Å². The predicted molar refractivity (Wildman–Crippen MR) is 79.9 cm³/mol. The van der Waals surface area contributed by atoms with E-state index in [9.17, 15) is 0 Å². The third-order valence-corrected chi connectivity index (χ3v) is 1.87. The highest BCUT2D eigenvalue weighted by atomic mass is 79.9. The number of halogens is 1. The van der Waals surface area contributed by atoms with Crippen molar-refractivity contribution in [2.75, 3.05) is 13.2 Å². The van der Waals surface area contributed by atoms with Gasteiger partial charge in [0.1, 0.15) is 0 Å². The lowest BCUT2D eigenvalue weighted by molar-refractivity contribution is 0.186. The van der Waals surface area contributed by atoms with Gasteiger partial charge >= 0.3 is 0 Å². The second-order valence-corrected chi connectivity index (χ2v) is 3.59. The number of rotatable bonds is 4. The molecule has 0 aliphatic carbocycles. The smallest absolute Gasteiger partial charge is 0.0829 e. The van der Waals surface area contributed by atoms with E-state index >= 15 is 0 Å². The minimum absolute atomic E-state index is 0.125. The summed E-state index contributed by atoms with van der Waals surface area (Å²) in [5.41, 5.74) is 1.14. The molecule has 0 radical (unpaired) electrons. The van der Waals surface area contributed by atoms with E-state index in [1.807, 2.05) is 30.3 Å². The third kappa shape index (κ3) is 14.6. The van der Waals surface area contributed by atoms with Crippen LogP contribution in [0.4, 0.5) is 0 Å². The van der Waals surface area contributed by atoms with Crippen LogP contribution in [-0.4, -0.2) is 23.4 Å². The molecule has 0 atom stereocenters. The third-order valence-electron chi connectivity index (χ3n) is 1.38. The molecule has 0 aliphatic rings. The molecule has 4 heteroatoms. The summed E-state index contributed by atoms with van der Waals surface area (Å²) in [6, 6.07) is 8.01. The van der Waals surface area contributed by atoms with Crippen molar-refractivity contribution in [1.29, 1.82) is 0 Å². The van der Waals surface area contributed by atoms with Crippen LogP contribution in [0.3, 0.4) is 0 Å². The zero-order valence-corrected chi connectivity index (χ0v) is 11.8. The zero-order valence-electron chi connectivity index (χ0n) is 10.3. The maximum atomic E-state index is 7.62.